The highest BCUT2D eigenvalue weighted by Gasteiger charge is 2.36. The van der Waals surface area contributed by atoms with Gasteiger partial charge in [-0.2, -0.15) is 4.31 Å². The van der Waals surface area contributed by atoms with Gasteiger partial charge in [0.1, 0.15) is 4.21 Å². The lowest BCUT2D eigenvalue weighted by Gasteiger charge is -2.27. The molecule has 164 valence electrons. The number of sulfonamides is 1. The van der Waals surface area contributed by atoms with Crippen LogP contribution in [0.4, 0.5) is 0 Å². The zero-order valence-corrected chi connectivity index (χ0v) is 20.0. The van der Waals surface area contributed by atoms with Crippen molar-refractivity contribution in [2.24, 2.45) is 0 Å². The third-order valence-electron chi connectivity index (χ3n) is 5.67. The van der Waals surface area contributed by atoms with Gasteiger partial charge in [0, 0.05) is 37.6 Å². The molecule has 0 saturated carbocycles. The Morgan fingerprint density at radius 1 is 1.23 bits per heavy atom. The average Bonchev–Trinajstić information content (AvgIpc) is 3.10. The first-order valence-electron chi connectivity index (χ1n) is 10.2. The minimum absolute atomic E-state index is 0.122. The summed E-state index contributed by atoms with van der Waals surface area (Å²) in [6.45, 7) is 10.7. The van der Waals surface area contributed by atoms with Gasteiger partial charge in [-0.25, -0.2) is 13.2 Å². The summed E-state index contributed by atoms with van der Waals surface area (Å²) in [4.78, 5) is 15.8. The molecule has 6 nitrogen and oxygen atoms in total. The Hall–Kier alpha value is -1.74. The molecule has 1 aromatic heterocycles. The summed E-state index contributed by atoms with van der Waals surface area (Å²) in [5.41, 5.74) is 4.81. The lowest BCUT2D eigenvalue weighted by atomic mass is 10.0. The first-order valence-corrected chi connectivity index (χ1v) is 12.5. The van der Waals surface area contributed by atoms with Crippen LogP contribution in [0.3, 0.4) is 0 Å². The molecule has 1 aliphatic rings. The number of thiophene rings is 1. The van der Waals surface area contributed by atoms with Crippen molar-refractivity contribution in [1.82, 2.24) is 9.21 Å². The summed E-state index contributed by atoms with van der Waals surface area (Å²) in [6.07, 6.45) is 0.634. The van der Waals surface area contributed by atoms with Crippen molar-refractivity contribution in [2.75, 3.05) is 26.7 Å². The number of benzene rings is 1. The predicted molar refractivity (Wildman–Crippen MR) is 119 cm³/mol. The molecular weight excluding hydrogens is 420 g/mol. The second-order valence-electron chi connectivity index (χ2n) is 7.64. The molecule has 3 rings (SSSR count). The molecule has 0 atom stereocenters. The third kappa shape index (κ3) is 4.32. The zero-order chi connectivity index (χ0) is 22.1. The molecule has 0 bridgehead atoms. The number of carbonyl (C=O) groups is 1. The summed E-state index contributed by atoms with van der Waals surface area (Å²) >= 11 is 1.22. The van der Waals surface area contributed by atoms with Gasteiger partial charge in [0.25, 0.3) is 10.0 Å². The van der Waals surface area contributed by atoms with Gasteiger partial charge in [0.2, 0.25) is 0 Å². The smallest absolute Gasteiger partial charge is 0.340 e. The number of aryl methyl sites for hydroxylation is 2. The van der Waals surface area contributed by atoms with Gasteiger partial charge in [-0.3, -0.25) is 4.90 Å². The maximum absolute atomic E-state index is 13.2. The van der Waals surface area contributed by atoms with Crippen LogP contribution >= 0.6 is 11.3 Å². The van der Waals surface area contributed by atoms with Gasteiger partial charge in [-0.15, -0.1) is 11.3 Å². The molecule has 0 saturated heterocycles. The number of carbonyl (C=O) groups excluding carboxylic acids is 1. The Kier molecular flexibility index (Phi) is 7.02. The fraction of sp³-hybridized carbons (Fsp3) is 0.500. The van der Waals surface area contributed by atoms with E-state index in [1.54, 1.807) is 13.8 Å². The molecule has 8 heteroatoms. The molecule has 0 fully saturated rings. The van der Waals surface area contributed by atoms with Gasteiger partial charge in [-0.1, -0.05) is 37.6 Å². The Labute approximate surface area is 183 Å². The zero-order valence-electron chi connectivity index (χ0n) is 18.3. The second kappa shape index (κ2) is 9.18. The van der Waals surface area contributed by atoms with E-state index in [9.17, 15) is 13.2 Å². The lowest BCUT2D eigenvalue weighted by Crippen LogP contribution is -2.31. The second-order valence-corrected chi connectivity index (χ2v) is 10.9. The number of esters is 1. The van der Waals surface area contributed by atoms with E-state index < -0.39 is 16.0 Å². The Balaban J connectivity index is 1.98. The first kappa shape index (κ1) is 22.9. The monoisotopic (exact) mass is 450 g/mol. The van der Waals surface area contributed by atoms with Crippen LogP contribution in [-0.4, -0.2) is 50.3 Å². The average molecular weight is 451 g/mol. The minimum Gasteiger partial charge on any atom is -0.465 e. The van der Waals surface area contributed by atoms with Crippen LogP contribution in [0.1, 0.15) is 51.3 Å². The number of hydrogen-bond donors (Lipinski definition) is 0. The normalized spacial score (nSPS) is 14.7. The molecule has 0 unspecified atom stereocenters. The van der Waals surface area contributed by atoms with Crippen LogP contribution in [-0.2, 0) is 34.3 Å². The highest BCUT2D eigenvalue weighted by atomic mass is 32.2. The van der Waals surface area contributed by atoms with E-state index in [1.165, 1.54) is 39.4 Å². The van der Waals surface area contributed by atoms with Crippen molar-refractivity contribution < 1.29 is 17.9 Å². The highest BCUT2D eigenvalue weighted by molar-refractivity contribution is 7.91. The van der Waals surface area contributed by atoms with Crippen LogP contribution in [0.2, 0.25) is 0 Å². The molecule has 0 amide bonds. The van der Waals surface area contributed by atoms with Crippen LogP contribution in [0.5, 0.6) is 0 Å². The maximum atomic E-state index is 13.2. The summed E-state index contributed by atoms with van der Waals surface area (Å²) in [5.74, 6) is -0.568. The number of ether oxygens (including phenoxy) is 1. The summed E-state index contributed by atoms with van der Waals surface area (Å²) in [7, 11) is -2.44. The van der Waals surface area contributed by atoms with E-state index >= 15 is 0 Å². The standard InChI is InChI=1S/C22H30N2O4S2/c1-6-24(7-2)30(26,27)22-20(21(25)28-5)18-10-11-23(14-19(18)29-22)13-17-12-15(3)8-9-16(17)4/h8-9,12H,6-7,10-11,13-14H2,1-5H3. The minimum atomic E-state index is -3.74. The molecule has 0 aliphatic carbocycles. The van der Waals surface area contributed by atoms with E-state index in [1.807, 2.05) is 0 Å². The molecule has 1 aliphatic heterocycles. The van der Waals surface area contributed by atoms with E-state index in [0.29, 0.717) is 26.1 Å². The summed E-state index contributed by atoms with van der Waals surface area (Å²) < 4.78 is 32.9. The van der Waals surface area contributed by atoms with Gasteiger partial charge < -0.3 is 4.74 Å². The van der Waals surface area contributed by atoms with Crippen molar-refractivity contribution in [1.29, 1.82) is 0 Å². The SMILES string of the molecule is CCN(CC)S(=O)(=O)c1sc2c(c1C(=O)OC)CCN(Cc1cc(C)ccc1C)C2. The van der Waals surface area contributed by atoms with Gasteiger partial charge in [0.05, 0.1) is 12.7 Å². The van der Waals surface area contributed by atoms with Crippen LogP contribution < -0.4 is 0 Å². The number of hydrogen-bond acceptors (Lipinski definition) is 6. The van der Waals surface area contributed by atoms with Crippen molar-refractivity contribution in [3.05, 3.63) is 50.9 Å². The predicted octanol–water partition coefficient (Wildman–Crippen LogP) is 3.74. The Morgan fingerprint density at radius 2 is 1.93 bits per heavy atom. The molecular formula is C22H30N2O4S2. The quantitative estimate of drug-likeness (QED) is 0.601. The van der Waals surface area contributed by atoms with E-state index in [2.05, 4.69) is 36.9 Å². The lowest BCUT2D eigenvalue weighted by molar-refractivity contribution is 0.0595. The molecule has 30 heavy (non-hydrogen) atoms. The van der Waals surface area contributed by atoms with Crippen LogP contribution in [0, 0.1) is 13.8 Å². The number of nitrogens with zero attached hydrogens (tertiary/aromatic N) is 2. The van der Waals surface area contributed by atoms with Crippen molar-refractivity contribution in [3.8, 4) is 0 Å². The summed E-state index contributed by atoms with van der Waals surface area (Å²) in [6, 6.07) is 6.45. The molecule has 2 aromatic rings. The number of methoxy groups -OCH3 is 1. The maximum Gasteiger partial charge on any atom is 0.340 e. The van der Waals surface area contributed by atoms with E-state index in [0.717, 1.165) is 23.5 Å². The van der Waals surface area contributed by atoms with Crippen molar-refractivity contribution in [3.63, 3.8) is 0 Å². The fourth-order valence-corrected chi connectivity index (χ4v) is 7.47. The van der Waals surface area contributed by atoms with E-state index in [4.69, 9.17) is 4.74 Å². The van der Waals surface area contributed by atoms with Gasteiger partial charge >= 0.3 is 5.97 Å². The molecule has 0 N–H and O–H groups in total. The third-order valence-corrected chi connectivity index (χ3v) is 9.43. The molecule has 2 heterocycles. The van der Waals surface area contributed by atoms with Crippen molar-refractivity contribution >= 4 is 27.3 Å². The van der Waals surface area contributed by atoms with Crippen molar-refractivity contribution in [2.45, 2.75) is 51.4 Å². The molecule has 0 spiro atoms. The highest BCUT2D eigenvalue weighted by Crippen LogP contribution is 2.38. The van der Waals surface area contributed by atoms with Gasteiger partial charge in [0.15, 0.2) is 0 Å². The molecule has 0 radical (unpaired) electrons. The van der Waals surface area contributed by atoms with Crippen LogP contribution in [0.15, 0.2) is 22.4 Å². The fourth-order valence-electron chi connectivity index (χ4n) is 3.95. The van der Waals surface area contributed by atoms with E-state index in [-0.39, 0.29) is 9.77 Å². The largest absolute Gasteiger partial charge is 0.465 e. The summed E-state index contributed by atoms with van der Waals surface area (Å²) in [5, 5.41) is 0. The Morgan fingerprint density at radius 3 is 2.57 bits per heavy atom. The van der Waals surface area contributed by atoms with Crippen LogP contribution in [0.25, 0.3) is 0 Å². The Bertz CT molecular complexity index is 1040. The number of rotatable bonds is 7. The van der Waals surface area contributed by atoms with Gasteiger partial charge in [-0.05, 0) is 37.0 Å². The first-order chi connectivity index (χ1) is 14.2. The molecule has 1 aromatic carbocycles. The topological polar surface area (TPSA) is 66.9 Å². The number of fused-ring (bicyclic) bond motifs is 1.